The van der Waals surface area contributed by atoms with Crippen LogP contribution in [0.3, 0.4) is 0 Å². The van der Waals surface area contributed by atoms with Crippen LogP contribution in [-0.2, 0) is 0 Å². The van der Waals surface area contributed by atoms with Crippen LogP contribution < -0.4 is 28.4 Å². The predicted molar refractivity (Wildman–Crippen MR) is 179 cm³/mol. The molecule has 0 amide bonds. The van der Waals surface area contributed by atoms with Crippen molar-refractivity contribution in [3.05, 3.63) is 23.3 Å². The van der Waals surface area contributed by atoms with Gasteiger partial charge in [0, 0.05) is 11.1 Å². The maximum atomic E-state index is 13.1. The summed E-state index contributed by atoms with van der Waals surface area (Å²) in [5.41, 5.74) is -0.347. The molecule has 0 heterocycles. The Hall–Kier alpha value is -3.82. The van der Waals surface area contributed by atoms with Gasteiger partial charge in [-0.2, -0.15) is 0 Å². The number of hydrogen-bond acceptors (Lipinski definition) is 8. The Morgan fingerprint density at radius 1 is 0.478 bits per heavy atom. The number of carbonyl (C=O) groups is 2. The Morgan fingerprint density at radius 3 is 1.09 bits per heavy atom. The van der Waals surface area contributed by atoms with Gasteiger partial charge in [0.1, 0.15) is 0 Å². The molecule has 10 heteroatoms. The molecule has 0 atom stereocenters. The minimum Gasteiger partial charge on any atom is -0.490 e. The van der Waals surface area contributed by atoms with Crippen LogP contribution in [0.2, 0.25) is 0 Å². The average Bonchev–Trinajstić information content (AvgIpc) is 3.03. The molecule has 2 aromatic carbocycles. The molecule has 2 aromatic rings. The van der Waals surface area contributed by atoms with Crippen LogP contribution in [0.25, 0.3) is 11.1 Å². The van der Waals surface area contributed by atoms with Crippen molar-refractivity contribution in [2.75, 3.05) is 39.6 Å². The standard InChI is InChI=1S/C36H54O10/c1-7-13-18-42-28-24-26(36(39)40)30(34(46-22-17-11-5)32(28)44-20-15-9-3)29-25(35(37)38)23-27(41-12-6)31(43-19-14-8-2)33(29)45-21-16-10-4/h23-24H,7-22H2,1-6H3,(H,37,38)(H,39,40). The Balaban J connectivity index is 3.18. The quantitative estimate of drug-likeness (QED) is 0.101. The van der Waals surface area contributed by atoms with E-state index in [9.17, 15) is 19.8 Å². The average molecular weight is 647 g/mol. The summed E-state index contributed by atoms with van der Waals surface area (Å²) in [5, 5.41) is 21.2. The fourth-order valence-corrected chi connectivity index (χ4v) is 4.59. The summed E-state index contributed by atoms with van der Waals surface area (Å²) in [6, 6.07) is 2.77. The first kappa shape index (κ1) is 38.4. The van der Waals surface area contributed by atoms with Crippen LogP contribution >= 0.6 is 0 Å². The molecule has 0 aliphatic heterocycles. The summed E-state index contributed by atoms with van der Waals surface area (Å²) < 4.78 is 37.2. The minimum atomic E-state index is -1.29. The molecule has 2 N–H and O–H groups in total. The van der Waals surface area contributed by atoms with Crippen molar-refractivity contribution in [1.29, 1.82) is 0 Å². The highest BCUT2D eigenvalue weighted by molar-refractivity contribution is 6.07. The van der Waals surface area contributed by atoms with Gasteiger partial charge >= 0.3 is 11.9 Å². The molecular formula is C36H54O10. The van der Waals surface area contributed by atoms with E-state index in [1.807, 2.05) is 34.6 Å². The maximum absolute atomic E-state index is 13.1. The first-order valence-electron chi connectivity index (χ1n) is 17.0. The second kappa shape index (κ2) is 21.1. The van der Waals surface area contributed by atoms with Crippen molar-refractivity contribution in [3.63, 3.8) is 0 Å². The van der Waals surface area contributed by atoms with E-state index in [-0.39, 0.29) is 76.6 Å². The van der Waals surface area contributed by atoms with Crippen molar-refractivity contribution in [1.82, 2.24) is 0 Å². The SMILES string of the molecule is CCCCOc1cc(C(=O)O)c(-c2c(C(=O)O)cc(OCC)c(OCCCC)c2OCCCC)c(OCCCC)c1OCCCC. The fraction of sp³-hybridized carbons (Fsp3) is 0.611. The molecule has 0 radical (unpaired) electrons. The van der Waals surface area contributed by atoms with Gasteiger partial charge in [-0.3, -0.25) is 0 Å². The molecule has 0 saturated carbocycles. The second-order valence-electron chi connectivity index (χ2n) is 11.0. The van der Waals surface area contributed by atoms with Crippen LogP contribution in [-0.4, -0.2) is 61.8 Å². The molecule has 0 saturated heterocycles. The first-order valence-corrected chi connectivity index (χ1v) is 17.0. The van der Waals surface area contributed by atoms with Crippen molar-refractivity contribution in [3.8, 4) is 45.6 Å². The number of carboxylic acids is 2. The van der Waals surface area contributed by atoms with Crippen LogP contribution in [0, 0.1) is 0 Å². The van der Waals surface area contributed by atoms with E-state index in [0.29, 0.717) is 32.7 Å². The lowest BCUT2D eigenvalue weighted by Gasteiger charge is -2.26. The van der Waals surface area contributed by atoms with E-state index in [0.717, 1.165) is 51.4 Å². The van der Waals surface area contributed by atoms with E-state index < -0.39 is 11.9 Å². The molecule has 0 unspecified atom stereocenters. The number of hydrogen-bond donors (Lipinski definition) is 2. The van der Waals surface area contributed by atoms with Crippen molar-refractivity contribution >= 4 is 11.9 Å². The van der Waals surface area contributed by atoms with Gasteiger partial charge in [-0.1, -0.05) is 66.7 Å². The van der Waals surface area contributed by atoms with Gasteiger partial charge in [0.15, 0.2) is 23.0 Å². The lowest BCUT2D eigenvalue weighted by Crippen LogP contribution is -2.14. The summed E-state index contributed by atoms with van der Waals surface area (Å²) >= 11 is 0. The van der Waals surface area contributed by atoms with Crippen LogP contribution in [0.4, 0.5) is 0 Å². The molecule has 0 aliphatic carbocycles. The zero-order valence-electron chi connectivity index (χ0n) is 28.6. The number of carboxylic acid groups (broad SMARTS) is 2. The largest absolute Gasteiger partial charge is 0.490 e. The third kappa shape index (κ3) is 10.6. The van der Waals surface area contributed by atoms with E-state index in [4.69, 9.17) is 28.4 Å². The zero-order valence-corrected chi connectivity index (χ0v) is 28.6. The monoisotopic (exact) mass is 646 g/mol. The molecule has 10 nitrogen and oxygen atoms in total. The summed E-state index contributed by atoms with van der Waals surface area (Å²) in [6.07, 6.45) is 7.84. The normalized spacial score (nSPS) is 10.8. The molecule has 46 heavy (non-hydrogen) atoms. The smallest absolute Gasteiger partial charge is 0.336 e. The Labute approximate surface area is 274 Å². The molecule has 0 aromatic heterocycles. The third-order valence-corrected chi connectivity index (χ3v) is 7.15. The maximum Gasteiger partial charge on any atom is 0.336 e. The summed E-state index contributed by atoms with van der Waals surface area (Å²) in [5.74, 6) is -1.49. The van der Waals surface area contributed by atoms with Crippen LogP contribution in [0.5, 0.6) is 34.5 Å². The molecule has 0 spiro atoms. The zero-order chi connectivity index (χ0) is 33.9. The van der Waals surface area contributed by atoms with Gasteiger partial charge in [-0.15, -0.1) is 0 Å². The lowest BCUT2D eigenvalue weighted by atomic mass is 9.91. The van der Waals surface area contributed by atoms with Gasteiger partial charge in [-0.05, 0) is 51.2 Å². The van der Waals surface area contributed by atoms with E-state index in [1.165, 1.54) is 12.1 Å². The highest BCUT2D eigenvalue weighted by Crippen LogP contribution is 2.55. The van der Waals surface area contributed by atoms with Crippen molar-refractivity contribution in [2.45, 2.75) is 106 Å². The fourth-order valence-electron chi connectivity index (χ4n) is 4.59. The Bertz CT molecular complexity index is 1240. The van der Waals surface area contributed by atoms with Crippen LogP contribution in [0.1, 0.15) is 126 Å². The van der Waals surface area contributed by atoms with Gasteiger partial charge in [0.25, 0.3) is 0 Å². The van der Waals surface area contributed by atoms with Crippen molar-refractivity contribution in [2.24, 2.45) is 0 Å². The number of ether oxygens (including phenoxy) is 6. The molecule has 2 rings (SSSR count). The number of rotatable bonds is 25. The highest BCUT2D eigenvalue weighted by Gasteiger charge is 2.34. The minimum absolute atomic E-state index is 0.0305. The topological polar surface area (TPSA) is 130 Å². The number of aromatic carboxylic acids is 2. The Kier molecular flexibility index (Phi) is 17.6. The van der Waals surface area contributed by atoms with Gasteiger partial charge in [0.2, 0.25) is 11.5 Å². The summed E-state index contributed by atoms with van der Waals surface area (Å²) in [6.45, 7) is 13.7. The van der Waals surface area contributed by atoms with E-state index in [1.54, 1.807) is 6.92 Å². The van der Waals surface area contributed by atoms with Gasteiger partial charge < -0.3 is 38.6 Å². The van der Waals surface area contributed by atoms with Gasteiger partial charge in [0.05, 0.1) is 50.8 Å². The van der Waals surface area contributed by atoms with Crippen LogP contribution in [0.15, 0.2) is 12.1 Å². The second-order valence-corrected chi connectivity index (χ2v) is 11.0. The van der Waals surface area contributed by atoms with E-state index in [2.05, 4.69) is 0 Å². The molecule has 0 aliphatic rings. The molecule has 258 valence electrons. The van der Waals surface area contributed by atoms with Gasteiger partial charge in [-0.25, -0.2) is 9.59 Å². The first-order chi connectivity index (χ1) is 22.3. The highest BCUT2D eigenvalue weighted by atomic mass is 16.5. The lowest BCUT2D eigenvalue weighted by molar-refractivity contribution is 0.0683. The van der Waals surface area contributed by atoms with Crippen molar-refractivity contribution < 1.29 is 48.2 Å². The summed E-state index contributed by atoms with van der Waals surface area (Å²) in [7, 11) is 0. The summed E-state index contributed by atoms with van der Waals surface area (Å²) in [4.78, 5) is 26.1. The third-order valence-electron chi connectivity index (χ3n) is 7.15. The molecule has 0 fully saturated rings. The number of benzene rings is 2. The Morgan fingerprint density at radius 2 is 0.783 bits per heavy atom. The molecule has 0 bridgehead atoms. The predicted octanol–water partition coefficient (Wildman–Crippen LogP) is 9.04. The van der Waals surface area contributed by atoms with E-state index >= 15 is 0 Å². The molecular weight excluding hydrogens is 592 g/mol. The number of unbranched alkanes of at least 4 members (excludes halogenated alkanes) is 5.